The van der Waals surface area contributed by atoms with Gasteiger partial charge in [-0.05, 0) is 48.7 Å². The first-order valence-corrected chi connectivity index (χ1v) is 11.0. The maximum absolute atomic E-state index is 13.0. The largest absolute Gasteiger partial charge is 0.368 e. The summed E-state index contributed by atoms with van der Waals surface area (Å²) in [6.45, 7) is 5.74. The summed E-state index contributed by atoms with van der Waals surface area (Å²) in [4.78, 5) is 19.2. The summed E-state index contributed by atoms with van der Waals surface area (Å²) >= 11 is 6.09. The number of carbonyl (C=O) groups excluding carboxylic acids is 1. The van der Waals surface area contributed by atoms with Gasteiger partial charge < -0.3 is 15.1 Å². The molecule has 0 aromatic heterocycles. The molecule has 30 heavy (non-hydrogen) atoms. The number of nitrogens with zero attached hydrogens (tertiary/aromatic N) is 3. The lowest BCUT2D eigenvalue weighted by Crippen LogP contribution is -2.54. The average Bonchev–Trinajstić information content (AvgIpc) is 2.77. The van der Waals surface area contributed by atoms with Crippen LogP contribution in [0.5, 0.6) is 0 Å². The number of anilines is 1. The number of amides is 2. The number of carbonyl (C=O) groups is 1. The molecule has 0 radical (unpaired) electrons. The fourth-order valence-electron chi connectivity index (χ4n) is 4.19. The average molecular weight is 431 g/mol. The minimum atomic E-state index is -0.200. The lowest BCUT2D eigenvalue weighted by atomic mass is 10.0. The van der Waals surface area contributed by atoms with E-state index >= 15 is 0 Å². The molecule has 0 unspecified atom stereocenters. The first-order chi connectivity index (χ1) is 14.6. The number of piperidine rings is 1. The quantitative estimate of drug-likeness (QED) is 0.797. The number of likely N-dealkylation sites (tertiary alicyclic amines) is 1. The Morgan fingerprint density at radius 1 is 1.00 bits per heavy atom. The molecule has 0 spiro atoms. The van der Waals surface area contributed by atoms with Crippen molar-refractivity contribution in [1.82, 2.24) is 15.1 Å². The maximum Gasteiger partial charge on any atom is 0.317 e. The lowest BCUT2D eigenvalue weighted by Gasteiger charge is -2.38. The van der Waals surface area contributed by atoms with Crippen molar-refractivity contribution in [3.8, 4) is 0 Å². The van der Waals surface area contributed by atoms with Gasteiger partial charge in [-0.2, -0.15) is 0 Å². The summed E-state index contributed by atoms with van der Waals surface area (Å²) in [7, 11) is 0. The van der Waals surface area contributed by atoms with E-state index in [2.05, 4.69) is 21.2 Å². The first-order valence-electron chi connectivity index (χ1n) is 10.6. The zero-order valence-electron chi connectivity index (χ0n) is 17.1. The van der Waals surface area contributed by atoms with Crippen LogP contribution in [0, 0.1) is 5.82 Å². The van der Waals surface area contributed by atoms with Gasteiger partial charge in [0.25, 0.3) is 0 Å². The molecule has 2 fully saturated rings. The zero-order chi connectivity index (χ0) is 20.9. The SMILES string of the molecule is O=C(NC1CCN(Cc2ccc(F)cc2)CC1)N1CCN(c2cccc(Cl)c2)CC1. The second-order valence-corrected chi connectivity index (χ2v) is 8.52. The third-order valence-corrected chi connectivity index (χ3v) is 6.21. The Balaban J connectivity index is 1.19. The van der Waals surface area contributed by atoms with Gasteiger partial charge in [0.15, 0.2) is 0 Å². The predicted molar refractivity (Wildman–Crippen MR) is 118 cm³/mol. The van der Waals surface area contributed by atoms with Gasteiger partial charge in [0.05, 0.1) is 0 Å². The van der Waals surface area contributed by atoms with Crippen LogP contribution in [0.2, 0.25) is 5.02 Å². The van der Waals surface area contributed by atoms with Gasteiger partial charge in [0, 0.05) is 62.6 Å². The smallest absolute Gasteiger partial charge is 0.317 e. The highest BCUT2D eigenvalue weighted by Crippen LogP contribution is 2.21. The van der Waals surface area contributed by atoms with E-state index in [-0.39, 0.29) is 17.9 Å². The highest BCUT2D eigenvalue weighted by Gasteiger charge is 2.25. The van der Waals surface area contributed by atoms with E-state index in [1.165, 1.54) is 12.1 Å². The standard InChI is InChI=1S/C23H28ClFN4O/c24-19-2-1-3-22(16-19)28-12-14-29(15-13-28)23(30)26-21-8-10-27(11-9-21)17-18-4-6-20(25)7-5-18/h1-7,16,21H,8-15,17H2,(H,26,30). The molecule has 0 aliphatic carbocycles. The van der Waals surface area contributed by atoms with Crippen LogP contribution < -0.4 is 10.2 Å². The summed E-state index contributed by atoms with van der Waals surface area (Å²) < 4.78 is 13.0. The van der Waals surface area contributed by atoms with Crippen LogP contribution in [-0.2, 0) is 6.54 Å². The number of hydrogen-bond acceptors (Lipinski definition) is 3. The molecule has 2 aliphatic heterocycles. The van der Waals surface area contributed by atoms with E-state index in [1.54, 1.807) is 0 Å². The molecule has 1 N–H and O–H groups in total. The van der Waals surface area contributed by atoms with Crippen molar-refractivity contribution >= 4 is 23.3 Å². The van der Waals surface area contributed by atoms with Gasteiger partial charge in [0.1, 0.15) is 5.82 Å². The van der Waals surface area contributed by atoms with E-state index < -0.39 is 0 Å². The monoisotopic (exact) mass is 430 g/mol. The number of hydrogen-bond donors (Lipinski definition) is 1. The molecule has 2 saturated heterocycles. The van der Waals surface area contributed by atoms with Crippen molar-refractivity contribution in [3.05, 3.63) is 64.9 Å². The molecule has 7 heteroatoms. The third-order valence-electron chi connectivity index (χ3n) is 5.97. The minimum Gasteiger partial charge on any atom is -0.368 e. The maximum atomic E-state index is 13.0. The van der Waals surface area contributed by atoms with Crippen LogP contribution in [0.1, 0.15) is 18.4 Å². The van der Waals surface area contributed by atoms with Crippen LogP contribution in [0.25, 0.3) is 0 Å². The van der Waals surface area contributed by atoms with Crippen molar-refractivity contribution in [2.24, 2.45) is 0 Å². The molecule has 5 nitrogen and oxygen atoms in total. The van der Waals surface area contributed by atoms with Crippen LogP contribution in [0.3, 0.4) is 0 Å². The summed E-state index contributed by atoms with van der Waals surface area (Å²) in [5.74, 6) is -0.200. The van der Waals surface area contributed by atoms with Crippen LogP contribution in [-0.4, -0.2) is 61.1 Å². The van der Waals surface area contributed by atoms with Crippen LogP contribution >= 0.6 is 11.6 Å². The van der Waals surface area contributed by atoms with E-state index in [0.29, 0.717) is 13.1 Å². The fraction of sp³-hybridized carbons (Fsp3) is 0.435. The molecule has 0 saturated carbocycles. The van der Waals surface area contributed by atoms with Gasteiger partial charge in [-0.15, -0.1) is 0 Å². The van der Waals surface area contributed by atoms with Crippen molar-refractivity contribution in [1.29, 1.82) is 0 Å². The van der Waals surface area contributed by atoms with Gasteiger partial charge in [-0.1, -0.05) is 29.8 Å². The Hall–Kier alpha value is -2.31. The Kier molecular flexibility index (Phi) is 6.75. The third kappa shape index (κ3) is 5.43. The minimum absolute atomic E-state index is 0.0396. The highest BCUT2D eigenvalue weighted by atomic mass is 35.5. The number of benzene rings is 2. The normalized spacial score (nSPS) is 18.5. The molecule has 0 atom stereocenters. The van der Waals surface area contributed by atoms with Crippen molar-refractivity contribution < 1.29 is 9.18 Å². The van der Waals surface area contributed by atoms with Crippen LogP contribution in [0.4, 0.5) is 14.9 Å². The second kappa shape index (κ2) is 9.67. The lowest BCUT2D eigenvalue weighted by molar-refractivity contribution is 0.167. The molecule has 160 valence electrons. The van der Waals surface area contributed by atoms with E-state index in [4.69, 9.17) is 11.6 Å². The molecule has 2 aliphatic rings. The van der Waals surface area contributed by atoms with E-state index in [0.717, 1.165) is 61.8 Å². The summed E-state index contributed by atoms with van der Waals surface area (Å²) in [6.07, 6.45) is 1.88. The first kappa shape index (κ1) is 20.9. The predicted octanol–water partition coefficient (Wildman–Crippen LogP) is 3.98. The molecule has 2 aromatic carbocycles. The number of rotatable bonds is 4. The summed E-state index contributed by atoms with van der Waals surface area (Å²) in [5, 5.41) is 3.95. The zero-order valence-corrected chi connectivity index (χ0v) is 17.8. The molecule has 0 bridgehead atoms. The van der Waals surface area contributed by atoms with Crippen LogP contribution in [0.15, 0.2) is 48.5 Å². The number of urea groups is 1. The van der Waals surface area contributed by atoms with Gasteiger partial charge >= 0.3 is 6.03 Å². The number of piperazine rings is 1. The number of halogens is 2. The molecular formula is C23H28ClFN4O. The highest BCUT2D eigenvalue weighted by molar-refractivity contribution is 6.30. The topological polar surface area (TPSA) is 38.8 Å². The molecule has 2 amide bonds. The van der Waals surface area contributed by atoms with Gasteiger partial charge in [0.2, 0.25) is 0 Å². The molecule has 2 aromatic rings. The van der Waals surface area contributed by atoms with E-state index in [9.17, 15) is 9.18 Å². The van der Waals surface area contributed by atoms with Crippen molar-refractivity contribution in [2.75, 3.05) is 44.2 Å². The molecular weight excluding hydrogens is 403 g/mol. The van der Waals surface area contributed by atoms with Gasteiger partial charge in [-0.25, -0.2) is 9.18 Å². The van der Waals surface area contributed by atoms with Crippen molar-refractivity contribution in [3.63, 3.8) is 0 Å². The van der Waals surface area contributed by atoms with Crippen molar-refractivity contribution in [2.45, 2.75) is 25.4 Å². The second-order valence-electron chi connectivity index (χ2n) is 8.08. The van der Waals surface area contributed by atoms with E-state index in [1.807, 2.05) is 35.2 Å². The Morgan fingerprint density at radius 3 is 2.37 bits per heavy atom. The summed E-state index contributed by atoms with van der Waals surface area (Å²) in [6, 6.07) is 14.8. The van der Waals surface area contributed by atoms with Gasteiger partial charge in [-0.3, -0.25) is 4.90 Å². The molecule has 2 heterocycles. The Labute approximate surface area is 182 Å². The fourth-order valence-corrected chi connectivity index (χ4v) is 4.37. The Morgan fingerprint density at radius 2 is 1.70 bits per heavy atom. The molecule has 4 rings (SSSR count). The number of nitrogens with one attached hydrogen (secondary N) is 1. The summed E-state index contributed by atoms with van der Waals surface area (Å²) in [5.41, 5.74) is 2.23. The Bertz CT molecular complexity index is 847.